The molecule has 0 bridgehead atoms. The normalized spacial score (nSPS) is 11.7. The van der Waals surface area contributed by atoms with Crippen molar-refractivity contribution in [2.45, 2.75) is 26.8 Å². The molecule has 7 rings (SSSR count). The summed E-state index contributed by atoms with van der Waals surface area (Å²) in [7, 11) is 0. The molecule has 0 atom stereocenters. The van der Waals surface area contributed by atoms with Gasteiger partial charge in [-0.25, -0.2) is 18.7 Å². The lowest BCUT2D eigenvalue weighted by Gasteiger charge is -2.19. The van der Waals surface area contributed by atoms with E-state index in [4.69, 9.17) is 23.2 Å². The van der Waals surface area contributed by atoms with Crippen LogP contribution in [-0.4, -0.2) is 19.5 Å². The molecule has 0 saturated heterocycles. The molecule has 1 N–H and O–H groups in total. The minimum Gasteiger partial charge on any atom is -0.353 e. The molecule has 0 saturated carbocycles. The number of benzene rings is 2. The fraction of sp³-hybridized carbons (Fsp3) is 0.125. The number of aromatic nitrogens is 4. The van der Waals surface area contributed by atoms with Crippen molar-refractivity contribution in [3.63, 3.8) is 0 Å². The van der Waals surface area contributed by atoms with Gasteiger partial charge in [0, 0.05) is 33.9 Å². The van der Waals surface area contributed by atoms with Gasteiger partial charge in [-0.3, -0.25) is 0 Å². The highest BCUT2D eigenvalue weighted by molar-refractivity contribution is 6.29. The average Bonchev–Trinajstić information content (AvgIpc) is 3.55. The van der Waals surface area contributed by atoms with Crippen molar-refractivity contribution in [2.24, 2.45) is 0 Å². The van der Waals surface area contributed by atoms with Gasteiger partial charge in [-0.2, -0.15) is 0 Å². The molecule has 0 amide bonds. The summed E-state index contributed by atoms with van der Waals surface area (Å²) in [5, 5.41) is 2.60. The van der Waals surface area contributed by atoms with Crippen molar-refractivity contribution in [2.75, 3.05) is 0 Å². The van der Waals surface area contributed by atoms with Crippen LogP contribution in [0.25, 0.3) is 50.7 Å². The van der Waals surface area contributed by atoms with Gasteiger partial charge in [0.15, 0.2) is 0 Å². The largest absolute Gasteiger partial charge is 0.353 e. The van der Waals surface area contributed by atoms with E-state index in [1.807, 2.05) is 50.2 Å². The van der Waals surface area contributed by atoms with Crippen LogP contribution in [0.3, 0.4) is 0 Å². The Morgan fingerprint density at radius 2 is 1.50 bits per heavy atom. The van der Waals surface area contributed by atoms with E-state index in [9.17, 15) is 8.78 Å². The van der Waals surface area contributed by atoms with E-state index in [1.165, 1.54) is 23.8 Å². The second-order valence-electron chi connectivity index (χ2n) is 8.97. The molecule has 0 fully saturated rings. The Hall–Kier alpha value is -4.00. The molecule has 5 heterocycles. The molecule has 1 aliphatic heterocycles. The van der Waals surface area contributed by atoms with Gasteiger partial charge >= 0.3 is 0 Å². The fourth-order valence-corrected chi connectivity index (χ4v) is 5.15. The fourth-order valence-electron chi connectivity index (χ4n) is 4.86. The molecule has 1 aliphatic rings. The SMILES string of the molecule is C=Cc1ccc(Cl)nc1-c1cc2cc(F)ccc2[nH]1.CC.Fc1ccc2c(c1)cc1n2CCc2ccc(Cl)nc2-1. The summed E-state index contributed by atoms with van der Waals surface area (Å²) in [4.78, 5) is 11.9. The molecule has 8 heteroatoms. The Kier molecular flexibility index (Phi) is 8.01. The minimum absolute atomic E-state index is 0.213. The van der Waals surface area contributed by atoms with Crippen LogP contribution in [0.15, 0.2) is 79.4 Å². The maximum atomic E-state index is 13.3. The molecule has 0 aliphatic carbocycles. The number of hydrogen-bond donors (Lipinski definition) is 1. The van der Waals surface area contributed by atoms with Crippen LogP contribution in [0.4, 0.5) is 8.78 Å². The Bertz CT molecular complexity index is 1860. The smallest absolute Gasteiger partial charge is 0.129 e. The summed E-state index contributed by atoms with van der Waals surface area (Å²) in [6.45, 7) is 8.65. The molecular weight excluding hydrogens is 549 g/mol. The van der Waals surface area contributed by atoms with Crippen LogP contribution in [-0.2, 0) is 13.0 Å². The maximum absolute atomic E-state index is 13.3. The van der Waals surface area contributed by atoms with Crippen molar-refractivity contribution in [1.82, 2.24) is 19.5 Å². The third-order valence-electron chi connectivity index (χ3n) is 6.61. The minimum atomic E-state index is -0.263. The highest BCUT2D eigenvalue weighted by Gasteiger charge is 2.20. The van der Waals surface area contributed by atoms with Crippen LogP contribution in [0.5, 0.6) is 0 Å². The van der Waals surface area contributed by atoms with Gasteiger partial charge in [0.05, 0.1) is 22.8 Å². The Morgan fingerprint density at radius 1 is 0.825 bits per heavy atom. The number of aryl methyl sites for hydroxylation is 2. The molecule has 0 unspecified atom stereocenters. The first-order valence-electron chi connectivity index (χ1n) is 12.9. The van der Waals surface area contributed by atoms with E-state index in [0.29, 0.717) is 16.0 Å². The Labute approximate surface area is 240 Å². The second-order valence-corrected chi connectivity index (χ2v) is 9.74. The highest BCUT2D eigenvalue weighted by Crippen LogP contribution is 2.34. The monoisotopic (exact) mass is 574 g/mol. The van der Waals surface area contributed by atoms with E-state index < -0.39 is 0 Å². The van der Waals surface area contributed by atoms with Gasteiger partial charge in [-0.1, -0.05) is 55.8 Å². The average molecular weight is 575 g/mol. The topological polar surface area (TPSA) is 46.5 Å². The first-order valence-corrected chi connectivity index (χ1v) is 13.7. The van der Waals surface area contributed by atoms with Crippen LogP contribution in [0.1, 0.15) is 25.0 Å². The zero-order valence-corrected chi connectivity index (χ0v) is 23.5. The van der Waals surface area contributed by atoms with E-state index in [-0.39, 0.29) is 11.6 Å². The van der Waals surface area contributed by atoms with Gasteiger partial charge < -0.3 is 9.55 Å². The van der Waals surface area contributed by atoms with Crippen LogP contribution >= 0.6 is 23.2 Å². The summed E-state index contributed by atoms with van der Waals surface area (Å²) < 4.78 is 28.7. The number of H-pyrrole nitrogens is 1. The lowest BCUT2D eigenvalue weighted by Crippen LogP contribution is -2.11. The van der Waals surface area contributed by atoms with Crippen LogP contribution < -0.4 is 0 Å². The third kappa shape index (κ3) is 5.37. The molecule has 4 aromatic heterocycles. The van der Waals surface area contributed by atoms with E-state index >= 15 is 0 Å². The highest BCUT2D eigenvalue weighted by atomic mass is 35.5. The summed E-state index contributed by atoms with van der Waals surface area (Å²) in [6.07, 6.45) is 2.64. The third-order valence-corrected chi connectivity index (χ3v) is 7.03. The molecule has 40 heavy (non-hydrogen) atoms. The van der Waals surface area contributed by atoms with Gasteiger partial charge in [0.2, 0.25) is 0 Å². The van der Waals surface area contributed by atoms with E-state index in [1.54, 1.807) is 24.3 Å². The molecule has 0 radical (unpaired) electrons. The summed E-state index contributed by atoms with van der Waals surface area (Å²) in [5.41, 5.74) is 7.39. The first-order chi connectivity index (χ1) is 19.4. The number of nitrogens with one attached hydrogen (secondary N) is 1. The zero-order valence-electron chi connectivity index (χ0n) is 22.0. The van der Waals surface area contributed by atoms with E-state index in [2.05, 4.69) is 26.1 Å². The summed E-state index contributed by atoms with van der Waals surface area (Å²) in [5.74, 6) is -0.476. The predicted molar refractivity (Wildman–Crippen MR) is 162 cm³/mol. The van der Waals surface area contributed by atoms with Gasteiger partial charge in [0.1, 0.15) is 21.9 Å². The summed E-state index contributed by atoms with van der Waals surface area (Å²) in [6, 6.07) is 20.7. The number of hydrogen-bond acceptors (Lipinski definition) is 2. The number of pyridine rings is 2. The first kappa shape index (κ1) is 27.6. The van der Waals surface area contributed by atoms with Gasteiger partial charge in [-0.05, 0) is 78.7 Å². The van der Waals surface area contributed by atoms with Crippen molar-refractivity contribution in [3.05, 3.63) is 112 Å². The zero-order chi connectivity index (χ0) is 28.4. The number of fused-ring (bicyclic) bond motifs is 6. The molecule has 2 aromatic carbocycles. The lowest BCUT2D eigenvalue weighted by atomic mass is 10.0. The molecule has 0 spiro atoms. The van der Waals surface area contributed by atoms with Crippen molar-refractivity contribution in [1.29, 1.82) is 0 Å². The number of halogens is 4. The van der Waals surface area contributed by atoms with Crippen molar-refractivity contribution in [3.8, 4) is 22.8 Å². The predicted octanol–water partition coefficient (Wildman–Crippen LogP) is 9.74. The molecular formula is C32H26Cl2F2N4. The van der Waals surface area contributed by atoms with Crippen LogP contribution in [0.2, 0.25) is 10.3 Å². The molecule has 202 valence electrons. The lowest BCUT2D eigenvalue weighted by molar-refractivity contribution is 0.629. The van der Waals surface area contributed by atoms with E-state index in [0.717, 1.165) is 57.4 Å². The number of rotatable bonds is 2. The Morgan fingerprint density at radius 3 is 2.25 bits per heavy atom. The van der Waals surface area contributed by atoms with Crippen LogP contribution in [0, 0.1) is 11.6 Å². The van der Waals surface area contributed by atoms with Gasteiger partial charge in [0.25, 0.3) is 0 Å². The van der Waals surface area contributed by atoms with Crippen molar-refractivity contribution >= 4 is 51.1 Å². The molecule has 4 nitrogen and oxygen atoms in total. The van der Waals surface area contributed by atoms with Gasteiger partial charge in [-0.15, -0.1) is 0 Å². The molecule has 6 aromatic rings. The quantitative estimate of drug-likeness (QED) is 0.209. The Balaban J connectivity index is 0.000000152. The summed E-state index contributed by atoms with van der Waals surface area (Å²) >= 11 is 11.9. The number of aromatic amines is 1. The second kappa shape index (κ2) is 11.6. The van der Waals surface area contributed by atoms with Crippen molar-refractivity contribution < 1.29 is 8.78 Å². The number of nitrogens with zero attached hydrogens (tertiary/aromatic N) is 3. The standard InChI is InChI=1S/2C15H10ClFN2.C2H6/c16-14-4-1-9-5-6-19-12-3-2-11(17)7-10(12)8-13(19)15(9)18-14;1-2-9-3-6-14(16)19-15(9)13-8-10-7-11(17)4-5-12(10)18-13;1-2/h1-4,7-8H,5-6H2;2-8,18H,1H2;1-2H3. The maximum Gasteiger partial charge on any atom is 0.129 e.